The van der Waals surface area contributed by atoms with Gasteiger partial charge in [-0.05, 0) is 50.6 Å². The number of hydrogen-bond donors (Lipinski definition) is 2. The molecule has 1 fully saturated rings. The largest absolute Gasteiger partial charge is 0.359 e. The summed E-state index contributed by atoms with van der Waals surface area (Å²) >= 11 is 7.27. The molecular weight excluding hydrogens is 537 g/mol. The SMILES string of the molecule is CN1CCc2nc(C(=O)N[C@@H]3C[C@@H](C(=O)N(C)C)CC[C@@H]3NC(=O)/N=N/c3ccc(Cl)cc3)sc2C1.Cl. The lowest BCUT2D eigenvalue weighted by molar-refractivity contribution is -0.134. The molecule has 1 aromatic heterocycles. The second kappa shape index (κ2) is 12.8. The van der Waals surface area contributed by atoms with Crippen LogP contribution in [-0.2, 0) is 17.8 Å². The zero-order valence-corrected chi connectivity index (χ0v) is 23.3. The molecule has 0 spiro atoms. The van der Waals surface area contributed by atoms with E-state index in [4.69, 9.17) is 11.6 Å². The van der Waals surface area contributed by atoms with Crippen LogP contribution in [0.15, 0.2) is 34.5 Å². The highest BCUT2D eigenvalue weighted by Gasteiger charge is 2.37. The molecule has 37 heavy (non-hydrogen) atoms. The number of halogens is 2. The molecule has 0 saturated heterocycles. The monoisotopic (exact) mass is 567 g/mol. The minimum absolute atomic E-state index is 0. The fourth-order valence-electron chi connectivity index (χ4n) is 4.54. The lowest BCUT2D eigenvalue weighted by Crippen LogP contribution is -2.55. The molecule has 2 N–H and O–H groups in total. The van der Waals surface area contributed by atoms with E-state index in [0.717, 1.165) is 30.1 Å². The predicted molar refractivity (Wildman–Crippen MR) is 145 cm³/mol. The summed E-state index contributed by atoms with van der Waals surface area (Å²) < 4.78 is 0. The molecule has 1 aromatic carbocycles. The van der Waals surface area contributed by atoms with Crippen molar-refractivity contribution in [2.45, 2.75) is 44.3 Å². The van der Waals surface area contributed by atoms with Crippen molar-refractivity contribution in [3.63, 3.8) is 0 Å². The second-order valence-corrected chi connectivity index (χ2v) is 11.0. The Balaban J connectivity index is 0.00000380. The lowest BCUT2D eigenvalue weighted by Gasteiger charge is -2.36. The summed E-state index contributed by atoms with van der Waals surface area (Å²) in [6.07, 6.45) is 2.35. The number of aromatic nitrogens is 1. The van der Waals surface area contributed by atoms with Crippen LogP contribution in [0.2, 0.25) is 5.02 Å². The van der Waals surface area contributed by atoms with Gasteiger partial charge in [0.25, 0.3) is 5.91 Å². The third kappa shape index (κ3) is 7.47. The fraction of sp³-hybridized carbons (Fsp3) is 0.500. The molecule has 1 saturated carbocycles. The van der Waals surface area contributed by atoms with Crippen molar-refractivity contribution < 1.29 is 14.4 Å². The number of carbonyl (C=O) groups is 3. The number of rotatable bonds is 5. The number of nitrogens with zero attached hydrogens (tertiary/aromatic N) is 5. The summed E-state index contributed by atoms with van der Waals surface area (Å²) in [6, 6.07) is 5.20. The minimum Gasteiger partial charge on any atom is -0.349 e. The standard InChI is InChI=1S/C24H30ClN7O3S.ClH/c1-31(2)23(34)14-4-9-17(28-24(35)30-29-16-7-5-15(25)6-8-16)19(12-14)26-21(33)22-27-18-10-11-32(3)13-20(18)36-22;/h5-8,14,17,19H,4,9-13H2,1-3H3,(H,26,33)(H,28,35);1H/b30-29+;/t14-,17-,19+;/m0./s1. The molecular formula is C24H31Cl2N7O3S. The molecule has 3 atom stereocenters. The van der Waals surface area contributed by atoms with Gasteiger partial charge in [0.2, 0.25) is 5.91 Å². The van der Waals surface area contributed by atoms with Crippen molar-refractivity contribution >= 4 is 58.9 Å². The molecule has 4 rings (SSSR count). The van der Waals surface area contributed by atoms with Crippen LogP contribution < -0.4 is 10.6 Å². The highest BCUT2D eigenvalue weighted by Crippen LogP contribution is 2.28. The Kier molecular flexibility index (Phi) is 10.00. The Labute approximate surface area is 231 Å². The maximum absolute atomic E-state index is 13.2. The van der Waals surface area contributed by atoms with Crippen LogP contribution in [0.5, 0.6) is 0 Å². The summed E-state index contributed by atoms with van der Waals surface area (Å²) in [7, 11) is 5.49. The molecule has 2 heterocycles. The Morgan fingerprint density at radius 2 is 1.86 bits per heavy atom. The third-order valence-electron chi connectivity index (χ3n) is 6.46. The Morgan fingerprint density at radius 3 is 2.57 bits per heavy atom. The summed E-state index contributed by atoms with van der Waals surface area (Å²) in [6.45, 7) is 1.69. The number of likely N-dealkylation sites (N-methyl/N-ethyl adjacent to an activating group) is 1. The number of benzene rings is 1. The van der Waals surface area contributed by atoms with Gasteiger partial charge in [0.1, 0.15) is 0 Å². The summed E-state index contributed by atoms with van der Waals surface area (Å²) in [4.78, 5) is 47.8. The minimum atomic E-state index is -0.612. The number of urea groups is 1. The molecule has 0 bridgehead atoms. The molecule has 0 radical (unpaired) electrons. The number of hydrogen-bond acceptors (Lipinski definition) is 7. The van der Waals surface area contributed by atoms with Crippen LogP contribution in [0.25, 0.3) is 0 Å². The average molecular weight is 569 g/mol. The lowest BCUT2D eigenvalue weighted by atomic mass is 9.81. The van der Waals surface area contributed by atoms with E-state index >= 15 is 0 Å². The zero-order chi connectivity index (χ0) is 25.8. The predicted octanol–water partition coefficient (Wildman–Crippen LogP) is 4.06. The molecule has 1 aliphatic heterocycles. The maximum Gasteiger partial charge on any atom is 0.359 e. The van der Waals surface area contributed by atoms with Gasteiger partial charge in [0.15, 0.2) is 5.01 Å². The topological polar surface area (TPSA) is 119 Å². The number of nitrogens with one attached hydrogen (secondary N) is 2. The number of fused-ring (bicyclic) bond motifs is 1. The number of carbonyl (C=O) groups excluding carboxylic acids is 3. The van der Waals surface area contributed by atoms with Gasteiger partial charge < -0.3 is 20.4 Å². The molecule has 200 valence electrons. The van der Waals surface area contributed by atoms with E-state index in [-0.39, 0.29) is 30.1 Å². The van der Waals surface area contributed by atoms with Crippen molar-refractivity contribution in [2.75, 3.05) is 27.7 Å². The van der Waals surface area contributed by atoms with E-state index in [1.807, 2.05) is 7.05 Å². The molecule has 2 aliphatic rings. The maximum atomic E-state index is 13.2. The number of amides is 4. The van der Waals surface area contributed by atoms with Crippen LogP contribution in [0, 0.1) is 5.92 Å². The molecule has 1 aliphatic carbocycles. The van der Waals surface area contributed by atoms with E-state index in [2.05, 4.69) is 30.7 Å². The average Bonchev–Trinajstić information content (AvgIpc) is 3.27. The highest BCUT2D eigenvalue weighted by molar-refractivity contribution is 7.13. The summed E-state index contributed by atoms with van der Waals surface area (Å²) in [5, 5.41) is 14.6. The third-order valence-corrected chi connectivity index (χ3v) is 7.80. The second-order valence-electron chi connectivity index (χ2n) is 9.43. The van der Waals surface area contributed by atoms with Gasteiger partial charge >= 0.3 is 6.03 Å². The van der Waals surface area contributed by atoms with E-state index in [0.29, 0.717) is 35.0 Å². The Morgan fingerprint density at radius 1 is 1.14 bits per heavy atom. The Bertz CT molecular complexity index is 1160. The van der Waals surface area contributed by atoms with E-state index in [9.17, 15) is 14.4 Å². The van der Waals surface area contributed by atoms with Crippen molar-refractivity contribution in [1.29, 1.82) is 0 Å². The van der Waals surface area contributed by atoms with E-state index < -0.39 is 18.1 Å². The first-order chi connectivity index (χ1) is 17.2. The molecule has 10 nitrogen and oxygen atoms in total. The van der Waals surface area contributed by atoms with E-state index in [1.54, 1.807) is 43.3 Å². The fourth-order valence-corrected chi connectivity index (χ4v) is 5.76. The number of azo groups is 1. The smallest absolute Gasteiger partial charge is 0.349 e. The summed E-state index contributed by atoms with van der Waals surface area (Å²) in [5.74, 6) is -0.524. The van der Waals surface area contributed by atoms with E-state index in [1.165, 1.54) is 11.3 Å². The molecule has 4 amide bonds. The van der Waals surface area contributed by atoms with Crippen LogP contribution in [-0.4, -0.2) is 72.4 Å². The van der Waals surface area contributed by atoms with Crippen LogP contribution in [0.3, 0.4) is 0 Å². The molecule has 0 unspecified atom stereocenters. The first kappa shape index (κ1) is 29.0. The molecule has 13 heteroatoms. The van der Waals surface area contributed by atoms with Gasteiger partial charge in [-0.3, -0.25) is 9.59 Å². The van der Waals surface area contributed by atoms with Crippen molar-refractivity contribution in [2.24, 2.45) is 16.1 Å². The van der Waals surface area contributed by atoms with Gasteiger partial charge in [0.05, 0.1) is 23.5 Å². The first-order valence-electron chi connectivity index (χ1n) is 11.9. The number of thiazole rings is 1. The van der Waals surface area contributed by atoms with Crippen molar-refractivity contribution in [3.05, 3.63) is 44.9 Å². The normalized spacial score (nSPS) is 21.6. The van der Waals surface area contributed by atoms with Gasteiger partial charge in [0, 0.05) is 49.4 Å². The van der Waals surface area contributed by atoms with Crippen LogP contribution in [0.4, 0.5) is 10.5 Å². The quantitative estimate of drug-likeness (QED) is 0.528. The van der Waals surface area contributed by atoms with Crippen molar-refractivity contribution in [3.8, 4) is 0 Å². The highest BCUT2D eigenvalue weighted by atomic mass is 35.5. The summed E-state index contributed by atoms with van der Waals surface area (Å²) in [5.41, 5.74) is 1.47. The van der Waals surface area contributed by atoms with Gasteiger partial charge in [-0.2, -0.15) is 0 Å². The zero-order valence-electron chi connectivity index (χ0n) is 20.9. The van der Waals surface area contributed by atoms with Gasteiger partial charge in [-0.1, -0.05) is 16.7 Å². The van der Waals surface area contributed by atoms with Gasteiger partial charge in [-0.15, -0.1) is 28.9 Å². The Hall–Kier alpha value is -2.60. The van der Waals surface area contributed by atoms with Crippen molar-refractivity contribution in [1.82, 2.24) is 25.4 Å². The van der Waals surface area contributed by atoms with Crippen LogP contribution >= 0.6 is 35.3 Å². The van der Waals surface area contributed by atoms with Gasteiger partial charge in [-0.25, -0.2) is 9.78 Å². The van der Waals surface area contributed by atoms with Crippen LogP contribution in [0.1, 0.15) is 39.6 Å². The molecule has 2 aromatic rings. The first-order valence-corrected chi connectivity index (χ1v) is 13.1.